The molecule has 0 unspecified atom stereocenters. The van der Waals surface area contributed by atoms with Crippen molar-refractivity contribution in [2.24, 2.45) is 0 Å². The number of Topliss-reactive ketones (excluding diaryl/α,β-unsaturated/α-hetero) is 1. The van der Waals surface area contributed by atoms with Gasteiger partial charge in [-0.15, -0.1) is 0 Å². The van der Waals surface area contributed by atoms with Crippen LogP contribution < -0.4 is 10.3 Å². The Bertz CT molecular complexity index is 1090. The first-order valence-corrected chi connectivity index (χ1v) is 8.71. The van der Waals surface area contributed by atoms with Gasteiger partial charge in [0.15, 0.2) is 10.9 Å². The molecule has 3 aromatic rings. The highest BCUT2D eigenvalue weighted by Gasteiger charge is 2.43. The lowest BCUT2D eigenvalue weighted by atomic mass is 9.86. The lowest BCUT2D eigenvalue weighted by Gasteiger charge is -2.18. The first-order valence-electron chi connectivity index (χ1n) is 7.92. The summed E-state index contributed by atoms with van der Waals surface area (Å²) in [5.41, 5.74) is 1.29. The molecule has 1 aliphatic heterocycles. The van der Waals surface area contributed by atoms with E-state index in [2.05, 4.69) is 9.97 Å². The summed E-state index contributed by atoms with van der Waals surface area (Å²) in [7, 11) is 0. The third kappa shape index (κ3) is 2.87. The maximum atomic E-state index is 13.1. The third-order valence-electron chi connectivity index (χ3n) is 4.35. The predicted octanol–water partition coefficient (Wildman–Crippen LogP) is 3.86. The summed E-state index contributed by atoms with van der Waals surface area (Å²) < 4.78 is 6.01. The number of H-pyrrole nitrogens is 2. The number of ketones is 1. The summed E-state index contributed by atoms with van der Waals surface area (Å²) in [4.78, 5) is 31.0. The molecule has 0 radical (unpaired) electrons. The molecule has 7 heteroatoms. The van der Waals surface area contributed by atoms with Gasteiger partial charge >= 0.3 is 0 Å². The van der Waals surface area contributed by atoms with Crippen LogP contribution in [0.3, 0.4) is 0 Å². The molecular formula is C19H13ClN2O3S. The van der Waals surface area contributed by atoms with Crippen molar-refractivity contribution in [3.63, 3.8) is 0 Å². The van der Waals surface area contributed by atoms with Crippen LogP contribution in [0.2, 0.25) is 5.02 Å². The standard InChI is InChI=1S/C19H13ClN2O3S/c20-12-8-6-11(7-9-12)15(23)16-13(10-4-2-1-3-5-10)14-17(24)21-19(26)22-18(14)25-16/h1-9,13,16H,(H2,21,22,24,26)/t13-,16+/m1/s1. The average Bonchev–Trinajstić information content (AvgIpc) is 3.02. The number of carbonyl (C=O) groups excluding carboxylic acids is 1. The number of nitrogens with one attached hydrogen (secondary N) is 2. The number of hydrogen-bond donors (Lipinski definition) is 2. The molecule has 130 valence electrons. The Morgan fingerprint density at radius 2 is 1.73 bits per heavy atom. The van der Waals surface area contributed by atoms with Gasteiger partial charge in [-0.05, 0) is 42.0 Å². The maximum absolute atomic E-state index is 13.1. The summed E-state index contributed by atoms with van der Waals surface area (Å²) in [6.45, 7) is 0. The second-order valence-electron chi connectivity index (χ2n) is 5.95. The van der Waals surface area contributed by atoms with Gasteiger partial charge in [0.2, 0.25) is 11.7 Å². The third-order valence-corrected chi connectivity index (χ3v) is 4.80. The predicted molar refractivity (Wildman–Crippen MR) is 101 cm³/mol. The number of carbonyl (C=O) groups is 1. The van der Waals surface area contributed by atoms with E-state index in [-0.39, 0.29) is 22.0 Å². The van der Waals surface area contributed by atoms with Crippen molar-refractivity contribution < 1.29 is 9.53 Å². The normalized spacial score (nSPS) is 18.2. The topological polar surface area (TPSA) is 75.0 Å². The van der Waals surface area contributed by atoms with Crippen molar-refractivity contribution >= 4 is 29.6 Å². The van der Waals surface area contributed by atoms with Crippen molar-refractivity contribution in [2.75, 3.05) is 0 Å². The Morgan fingerprint density at radius 1 is 1.04 bits per heavy atom. The minimum absolute atomic E-state index is 0.153. The van der Waals surface area contributed by atoms with Gasteiger partial charge in [0.1, 0.15) is 0 Å². The molecule has 2 atom stereocenters. The number of aromatic amines is 2. The van der Waals surface area contributed by atoms with Crippen LogP contribution in [0.5, 0.6) is 5.88 Å². The molecule has 0 saturated heterocycles. The zero-order chi connectivity index (χ0) is 18.3. The molecule has 4 rings (SSSR count). The van der Waals surface area contributed by atoms with Crippen molar-refractivity contribution in [2.45, 2.75) is 12.0 Å². The molecule has 5 nitrogen and oxygen atoms in total. The number of benzene rings is 2. The number of fused-ring (bicyclic) bond motifs is 1. The van der Waals surface area contributed by atoms with Crippen molar-refractivity contribution in [3.05, 3.63) is 91.4 Å². The summed E-state index contributed by atoms with van der Waals surface area (Å²) in [6, 6.07) is 15.9. The SMILES string of the molecule is O=C(c1ccc(Cl)cc1)[C@H]1Oc2[nH]c(=S)[nH]c(=O)c2[C@H]1c1ccccc1. The second-order valence-corrected chi connectivity index (χ2v) is 6.79. The van der Waals surface area contributed by atoms with E-state index in [1.165, 1.54) is 0 Å². The van der Waals surface area contributed by atoms with Crippen molar-refractivity contribution in [1.82, 2.24) is 9.97 Å². The molecule has 2 N–H and O–H groups in total. The van der Waals surface area contributed by atoms with Crippen LogP contribution in [0, 0.1) is 4.77 Å². The van der Waals surface area contributed by atoms with E-state index in [0.29, 0.717) is 16.1 Å². The molecule has 2 heterocycles. The van der Waals surface area contributed by atoms with E-state index in [1.54, 1.807) is 24.3 Å². The number of ether oxygens (including phenoxy) is 1. The zero-order valence-electron chi connectivity index (χ0n) is 13.4. The minimum atomic E-state index is -0.872. The maximum Gasteiger partial charge on any atom is 0.259 e. The average molecular weight is 385 g/mol. The zero-order valence-corrected chi connectivity index (χ0v) is 14.9. The van der Waals surface area contributed by atoms with Crippen LogP contribution in [-0.2, 0) is 0 Å². The fraction of sp³-hybridized carbons (Fsp3) is 0.105. The summed E-state index contributed by atoms with van der Waals surface area (Å²) in [5.74, 6) is -0.532. The van der Waals surface area contributed by atoms with Gasteiger partial charge in [0, 0.05) is 10.6 Å². The van der Waals surface area contributed by atoms with Crippen molar-refractivity contribution in [1.29, 1.82) is 0 Å². The summed E-state index contributed by atoms with van der Waals surface area (Å²) in [6.07, 6.45) is -0.872. The molecule has 0 fully saturated rings. The van der Waals surface area contributed by atoms with Gasteiger partial charge in [-0.1, -0.05) is 41.9 Å². The molecular weight excluding hydrogens is 372 g/mol. The highest BCUT2D eigenvalue weighted by Crippen LogP contribution is 2.40. The molecule has 2 aromatic carbocycles. The van der Waals surface area contributed by atoms with Crippen LogP contribution in [0.25, 0.3) is 0 Å². The Hall–Kier alpha value is -2.70. The summed E-state index contributed by atoms with van der Waals surface area (Å²) >= 11 is 10.9. The fourth-order valence-electron chi connectivity index (χ4n) is 3.18. The van der Waals surface area contributed by atoms with E-state index < -0.39 is 12.0 Å². The molecule has 1 aromatic heterocycles. The largest absolute Gasteiger partial charge is 0.466 e. The molecule has 0 bridgehead atoms. The monoisotopic (exact) mass is 384 g/mol. The van der Waals surface area contributed by atoms with E-state index >= 15 is 0 Å². The molecule has 1 aliphatic rings. The minimum Gasteiger partial charge on any atom is -0.466 e. The molecule has 0 saturated carbocycles. The highest BCUT2D eigenvalue weighted by molar-refractivity contribution is 7.71. The number of rotatable bonds is 3. The van der Waals surface area contributed by atoms with Crippen LogP contribution in [0.4, 0.5) is 0 Å². The van der Waals surface area contributed by atoms with Crippen LogP contribution >= 0.6 is 23.8 Å². The number of hydrogen-bond acceptors (Lipinski definition) is 4. The Balaban J connectivity index is 1.85. The molecule has 0 aliphatic carbocycles. The van der Waals surface area contributed by atoms with Gasteiger partial charge in [0.05, 0.1) is 11.5 Å². The molecule has 0 spiro atoms. The molecule has 26 heavy (non-hydrogen) atoms. The lowest BCUT2D eigenvalue weighted by Crippen LogP contribution is -2.31. The second kappa shape index (κ2) is 6.55. The number of halogens is 1. The Labute approximate surface area is 158 Å². The quantitative estimate of drug-likeness (QED) is 0.531. The first kappa shape index (κ1) is 16.8. The van der Waals surface area contributed by atoms with Gasteiger partial charge in [0.25, 0.3) is 5.56 Å². The van der Waals surface area contributed by atoms with Gasteiger partial charge in [-0.25, -0.2) is 0 Å². The van der Waals surface area contributed by atoms with Crippen molar-refractivity contribution in [3.8, 4) is 5.88 Å². The first-order chi connectivity index (χ1) is 12.5. The smallest absolute Gasteiger partial charge is 0.259 e. The van der Waals surface area contributed by atoms with E-state index in [9.17, 15) is 9.59 Å². The van der Waals surface area contributed by atoms with Gasteiger partial charge in [-0.2, -0.15) is 0 Å². The summed E-state index contributed by atoms with van der Waals surface area (Å²) in [5, 5.41) is 0.539. The van der Waals surface area contributed by atoms with E-state index in [4.69, 9.17) is 28.6 Å². The van der Waals surface area contributed by atoms with Crippen LogP contribution in [-0.4, -0.2) is 21.9 Å². The van der Waals surface area contributed by atoms with E-state index in [1.807, 2.05) is 30.3 Å². The Morgan fingerprint density at radius 3 is 2.42 bits per heavy atom. The number of aromatic nitrogens is 2. The van der Waals surface area contributed by atoms with E-state index in [0.717, 1.165) is 5.56 Å². The fourth-order valence-corrected chi connectivity index (χ4v) is 3.49. The Kier molecular flexibility index (Phi) is 4.22. The van der Waals surface area contributed by atoms with Gasteiger partial charge < -0.3 is 9.72 Å². The van der Waals surface area contributed by atoms with Crippen LogP contribution in [0.15, 0.2) is 59.4 Å². The lowest BCUT2D eigenvalue weighted by molar-refractivity contribution is 0.0801. The van der Waals surface area contributed by atoms with Crippen LogP contribution in [0.1, 0.15) is 27.4 Å². The van der Waals surface area contributed by atoms with Gasteiger partial charge in [-0.3, -0.25) is 14.6 Å². The highest BCUT2D eigenvalue weighted by atomic mass is 35.5. The molecule has 0 amide bonds.